The number of nitrogens with two attached hydrogens (primary N) is 1. The van der Waals surface area contributed by atoms with Crippen molar-refractivity contribution in [1.82, 2.24) is 14.5 Å². The molecule has 0 amide bonds. The molecule has 0 aromatic carbocycles. The van der Waals surface area contributed by atoms with Gasteiger partial charge in [-0.1, -0.05) is 12.7 Å². The molecule has 0 radical (unpaired) electrons. The third kappa shape index (κ3) is 1.84. The van der Waals surface area contributed by atoms with Gasteiger partial charge in [0.15, 0.2) is 11.8 Å². The summed E-state index contributed by atoms with van der Waals surface area (Å²) in [6.45, 7) is 3.12. The van der Waals surface area contributed by atoms with Gasteiger partial charge in [0.1, 0.15) is 30.0 Å². The molecule has 112 valence electrons. The van der Waals surface area contributed by atoms with Crippen molar-refractivity contribution in [3.63, 3.8) is 0 Å². The Kier molecular flexibility index (Phi) is 3.18. The summed E-state index contributed by atoms with van der Waals surface area (Å²) in [7, 11) is 0. The molecule has 0 spiro atoms. The summed E-state index contributed by atoms with van der Waals surface area (Å²) in [5.41, 5.74) is 4.48. The van der Waals surface area contributed by atoms with Crippen LogP contribution in [0.1, 0.15) is 6.23 Å². The third-order valence-corrected chi connectivity index (χ3v) is 3.82. The highest BCUT2D eigenvalue weighted by molar-refractivity contribution is 5.86. The van der Waals surface area contributed by atoms with Crippen LogP contribution >= 0.6 is 0 Å². The second kappa shape index (κ2) is 4.78. The summed E-state index contributed by atoms with van der Waals surface area (Å²) in [6.07, 6.45) is 0.927. The van der Waals surface area contributed by atoms with E-state index in [1.54, 1.807) is 12.3 Å². The zero-order chi connectivity index (χ0) is 15.2. The van der Waals surface area contributed by atoms with Crippen molar-refractivity contribution in [2.75, 3.05) is 12.3 Å². The minimum absolute atomic E-state index is 0.304. The maximum atomic E-state index is 10.6. The number of anilines is 1. The Hall–Kier alpha value is -2.00. The molecule has 5 N–H and O–H groups in total. The molecule has 3 heterocycles. The van der Waals surface area contributed by atoms with E-state index in [1.165, 1.54) is 17.0 Å². The minimum Gasteiger partial charge on any atom is -0.394 e. The fourth-order valence-electron chi connectivity index (χ4n) is 2.63. The van der Waals surface area contributed by atoms with Crippen molar-refractivity contribution in [2.45, 2.75) is 24.0 Å². The topological polar surface area (TPSA) is 127 Å². The van der Waals surface area contributed by atoms with Crippen molar-refractivity contribution >= 4 is 16.9 Å². The van der Waals surface area contributed by atoms with Gasteiger partial charge in [-0.2, -0.15) is 0 Å². The minimum atomic E-state index is -1.75. The molecule has 4 atom stereocenters. The molecule has 1 aliphatic rings. The molecule has 2 aromatic heterocycles. The monoisotopic (exact) mass is 292 g/mol. The Morgan fingerprint density at radius 1 is 1.52 bits per heavy atom. The molecule has 2 aromatic rings. The Labute approximate surface area is 120 Å². The predicted molar refractivity (Wildman–Crippen MR) is 74.1 cm³/mol. The van der Waals surface area contributed by atoms with Gasteiger partial charge in [-0.25, -0.2) is 9.97 Å². The lowest BCUT2D eigenvalue weighted by Crippen LogP contribution is -2.45. The lowest BCUT2D eigenvalue weighted by Gasteiger charge is -2.28. The summed E-state index contributed by atoms with van der Waals surface area (Å²) in [5, 5.41) is 30.6. The summed E-state index contributed by atoms with van der Waals surface area (Å²) in [4.78, 5) is 8.01. The predicted octanol–water partition coefficient (Wildman–Crippen LogP) is -0.819. The number of rotatable bonds is 3. The highest BCUT2D eigenvalue weighted by Gasteiger charge is 2.54. The van der Waals surface area contributed by atoms with Gasteiger partial charge >= 0.3 is 0 Å². The van der Waals surface area contributed by atoms with Crippen LogP contribution in [0.3, 0.4) is 0 Å². The first-order chi connectivity index (χ1) is 10.0. The van der Waals surface area contributed by atoms with Gasteiger partial charge in [0, 0.05) is 6.20 Å². The molecular formula is C13H16N4O4. The van der Waals surface area contributed by atoms with Gasteiger partial charge < -0.3 is 30.4 Å². The van der Waals surface area contributed by atoms with E-state index in [0.717, 1.165) is 0 Å². The number of aromatic nitrogens is 3. The number of ether oxygens (including phenoxy) is 1. The standard InChI is InChI=1S/C13H16N4O4/c1-2-13(20)9(19)8(5-18)21-12(13)17-4-3-7-10(14)15-6-16-11(7)17/h2-4,6,8-9,12,18-20H,1,5H2,(H2,14,15,16)/t8?,9?,12?,13-/m1/s1. The first-order valence-electron chi connectivity index (χ1n) is 6.40. The highest BCUT2D eigenvalue weighted by atomic mass is 16.6. The van der Waals surface area contributed by atoms with Crippen molar-refractivity contribution in [2.24, 2.45) is 0 Å². The van der Waals surface area contributed by atoms with Crippen molar-refractivity contribution in [1.29, 1.82) is 0 Å². The van der Waals surface area contributed by atoms with Crippen LogP contribution in [0.4, 0.5) is 5.82 Å². The fraction of sp³-hybridized carbons (Fsp3) is 0.385. The molecule has 8 heteroatoms. The van der Waals surface area contributed by atoms with Crippen molar-refractivity contribution in [3.8, 4) is 0 Å². The third-order valence-electron chi connectivity index (χ3n) is 3.82. The summed E-state index contributed by atoms with van der Waals surface area (Å²) < 4.78 is 7.10. The Morgan fingerprint density at radius 3 is 2.95 bits per heavy atom. The van der Waals surface area contributed by atoms with Crippen LogP contribution in [-0.4, -0.2) is 54.3 Å². The normalized spacial score (nSPS) is 32.6. The van der Waals surface area contributed by atoms with Gasteiger partial charge in [-0.15, -0.1) is 0 Å². The molecule has 1 saturated heterocycles. The lowest BCUT2D eigenvalue weighted by atomic mass is 9.94. The van der Waals surface area contributed by atoms with Crippen LogP contribution in [-0.2, 0) is 4.74 Å². The number of nitrogens with zero attached hydrogens (tertiary/aromatic N) is 3. The zero-order valence-corrected chi connectivity index (χ0v) is 11.1. The van der Waals surface area contributed by atoms with Crippen LogP contribution in [0.15, 0.2) is 31.2 Å². The van der Waals surface area contributed by atoms with Crippen LogP contribution < -0.4 is 5.73 Å². The molecule has 8 nitrogen and oxygen atoms in total. The molecule has 0 bridgehead atoms. The van der Waals surface area contributed by atoms with Crippen LogP contribution in [0.2, 0.25) is 0 Å². The van der Waals surface area contributed by atoms with Crippen LogP contribution in [0.5, 0.6) is 0 Å². The van der Waals surface area contributed by atoms with E-state index in [-0.39, 0.29) is 0 Å². The number of aliphatic hydroxyl groups is 3. The van der Waals surface area contributed by atoms with E-state index >= 15 is 0 Å². The second-order valence-corrected chi connectivity index (χ2v) is 4.96. The van der Waals surface area contributed by atoms with Crippen molar-refractivity contribution < 1.29 is 20.1 Å². The molecule has 0 aliphatic carbocycles. The van der Waals surface area contributed by atoms with Gasteiger partial charge in [0.2, 0.25) is 0 Å². The van der Waals surface area contributed by atoms with E-state index in [4.69, 9.17) is 10.5 Å². The quantitative estimate of drug-likeness (QED) is 0.544. The average Bonchev–Trinajstić information content (AvgIpc) is 3.01. The smallest absolute Gasteiger partial charge is 0.171 e. The van der Waals surface area contributed by atoms with Gasteiger partial charge in [-0.3, -0.25) is 0 Å². The van der Waals surface area contributed by atoms with E-state index in [0.29, 0.717) is 16.9 Å². The lowest BCUT2D eigenvalue weighted by molar-refractivity contribution is -0.0768. The van der Waals surface area contributed by atoms with Crippen LogP contribution in [0.25, 0.3) is 11.0 Å². The van der Waals surface area contributed by atoms with Crippen molar-refractivity contribution in [3.05, 3.63) is 31.2 Å². The number of nitrogen functional groups attached to an aromatic ring is 1. The molecule has 3 unspecified atom stereocenters. The number of hydrogen-bond acceptors (Lipinski definition) is 7. The number of fused-ring (bicyclic) bond motifs is 1. The molecule has 21 heavy (non-hydrogen) atoms. The van der Waals surface area contributed by atoms with Gasteiger partial charge in [0.25, 0.3) is 0 Å². The summed E-state index contributed by atoms with van der Waals surface area (Å²) >= 11 is 0. The Bertz CT molecular complexity index is 688. The summed E-state index contributed by atoms with van der Waals surface area (Å²) in [5.74, 6) is 0.304. The molecule has 0 saturated carbocycles. The molecule has 1 aliphatic heterocycles. The van der Waals surface area contributed by atoms with Gasteiger partial charge in [0.05, 0.1) is 12.0 Å². The molecule has 3 rings (SSSR count). The van der Waals surface area contributed by atoms with Gasteiger partial charge in [-0.05, 0) is 6.07 Å². The summed E-state index contributed by atoms with van der Waals surface area (Å²) in [6, 6.07) is 1.69. The Balaban J connectivity index is 2.13. The maximum absolute atomic E-state index is 10.6. The van der Waals surface area contributed by atoms with E-state index < -0.39 is 30.6 Å². The zero-order valence-electron chi connectivity index (χ0n) is 11.1. The van der Waals surface area contributed by atoms with E-state index in [2.05, 4.69) is 16.5 Å². The first-order valence-corrected chi connectivity index (χ1v) is 6.40. The average molecular weight is 292 g/mol. The highest BCUT2D eigenvalue weighted by Crippen LogP contribution is 2.40. The molecule has 1 fully saturated rings. The van der Waals surface area contributed by atoms with E-state index in [9.17, 15) is 15.3 Å². The van der Waals surface area contributed by atoms with E-state index in [1.807, 2.05) is 0 Å². The van der Waals surface area contributed by atoms with Crippen LogP contribution in [0, 0.1) is 0 Å². The SMILES string of the molecule is C=C[C@@]1(O)C(O)C(CO)OC1n1ccc2c(N)ncnc21. The maximum Gasteiger partial charge on any atom is 0.171 e. The largest absolute Gasteiger partial charge is 0.394 e. The number of aliphatic hydroxyl groups excluding tert-OH is 2. The first kappa shape index (κ1) is 14.0. The Morgan fingerprint density at radius 2 is 2.29 bits per heavy atom. The molecular weight excluding hydrogens is 276 g/mol. The number of hydrogen-bond donors (Lipinski definition) is 4. The second-order valence-electron chi connectivity index (χ2n) is 4.96. The fourth-order valence-corrected chi connectivity index (χ4v) is 2.63.